The number of benzene rings is 1. The lowest BCUT2D eigenvalue weighted by atomic mass is 10.2. The Kier molecular flexibility index (Phi) is 4.50. The molecule has 0 saturated heterocycles. The summed E-state index contributed by atoms with van der Waals surface area (Å²) in [4.78, 5) is 10.9. The second kappa shape index (κ2) is 6.00. The summed E-state index contributed by atoms with van der Waals surface area (Å²) in [5, 5.41) is 8.95. The molecule has 0 spiro atoms. The molecular weight excluding hydrogens is 360 g/mol. The standard InChI is InChI=1S/C13H13BrN2O4S/c1-16-8-10(6-12(16)13(17)18)21(19,20)15-7-9-4-2-3-5-11(9)14/h2-6,8,15H,7H2,1H3,(H,17,18). The van der Waals surface area contributed by atoms with Crippen molar-refractivity contribution in [1.82, 2.24) is 9.29 Å². The van der Waals surface area contributed by atoms with E-state index >= 15 is 0 Å². The van der Waals surface area contributed by atoms with Crippen LogP contribution in [-0.4, -0.2) is 24.1 Å². The lowest BCUT2D eigenvalue weighted by molar-refractivity contribution is 0.0686. The predicted octanol–water partition coefficient (Wildman–Crippen LogP) is 1.96. The zero-order valence-corrected chi connectivity index (χ0v) is 13.5. The fourth-order valence-corrected chi connectivity index (χ4v) is 3.29. The van der Waals surface area contributed by atoms with Gasteiger partial charge in [-0.3, -0.25) is 0 Å². The highest BCUT2D eigenvalue weighted by molar-refractivity contribution is 9.10. The Morgan fingerprint density at radius 1 is 1.38 bits per heavy atom. The number of carboxylic acid groups (broad SMARTS) is 1. The molecule has 0 aliphatic rings. The number of rotatable bonds is 5. The SMILES string of the molecule is Cn1cc(S(=O)(=O)NCc2ccccc2Br)cc1C(=O)O. The molecule has 0 amide bonds. The molecule has 1 aromatic heterocycles. The van der Waals surface area contributed by atoms with Crippen LogP contribution >= 0.6 is 15.9 Å². The minimum absolute atomic E-state index is 0.0746. The number of aryl methyl sites for hydroxylation is 1. The first-order valence-electron chi connectivity index (χ1n) is 5.94. The minimum atomic E-state index is -3.77. The van der Waals surface area contributed by atoms with Gasteiger partial charge in [-0.05, 0) is 17.7 Å². The number of hydrogen-bond donors (Lipinski definition) is 2. The third-order valence-electron chi connectivity index (χ3n) is 2.92. The molecule has 6 nitrogen and oxygen atoms in total. The molecule has 0 unspecified atom stereocenters. The van der Waals surface area contributed by atoms with E-state index in [0.29, 0.717) is 0 Å². The maximum absolute atomic E-state index is 12.2. The molecule has 0 radical (unpaired) electrons. The number of nitrogens with one attached hydrogen (secondary N) is 1. The molecule has 112 valence electrons. The van der Waals surface area contributed by atoms with E-state index in [0.717, 1.165) is 16.1 Å². The number of aromatic carboxylic acids is 1. The first-order valence-corrected chi connectivity index (χ1v) is 8.21. The fourth-order valence-electron chi connectivity index (χ4n) is 1.79. The number of aromatic nitrogens is 1. The summed E-state index contributed by atoms with van der Waals surface area (Å²) in [6, 6.07) is 8.37. The van der Waals surface area contributed by atoms with Gasteiger partial charge in [0, 0.05) is 24.3 Å². The predicted molar refractivity (Wildman–Crippen MR) is 80.5 cm³/mol. The molecule has 2 rings (SSSR count). The molecule has 2 aromatic rings. The van der Waals surface area contributed by atoms with E-state index in [1.165, 1.54) is 17.8 Å². The first-order chi connectivity index (χ1) is 9.81. The molecule has 0 fully saturated rings. The molecule has 8 heteroatoms. The van der Waals surface area contributed by atoms with Gasteiger partial charge in [0.25, 0.3) is 0 Å². The molecule has 0 aliphatic heterocycles. The average Bonchev–Trinajstić information content (AvgIpc) is 2.81. The average molecular weight is 373 g/mol. The second-order valence-corrected chi connectivity index (χ2v) is 7.01. The maximum Gasteiger partial charge on any atom is 0.352 e. The van der Waals surface area contributed by atoms with E-state index in [1.807, 2.05) is 12.1 Å². The molecule has 2 N–H and O–H groups in total. The number of sulfonamides is 1. The number of halogens is 1. The van der Waals surface area contributed by atoms with Crippen molar-refractivity contribution < 1.29 is 18.3 Å². The van der Waals surface area contributed by atoms with E-state index in [-0.39, 0.29) is 17.1 Å². The summed E-state index contributed by atoms with van der Waals surface area (Å²) in [6.07, 6.45) is 1.27. The zero-order chi connectivity index (χ0) is 15.6. The normalized spacial score (nSPS) is 11.5. The van der Waals surface area contributed by atoms with Crippen molar-refractivity contribution in [2.24, 2.45) is 7.05 Å². The molecule has 0 bridgehead atoms. The Morgan fingerprint density at radius 2 is 2.05 bits per heavy atom. The van der Waals surface area contributed by atoms with Crippen LogP contribution in [-0.2, 0) is 23.6 Å². The number of nitrogens with zero attached hydrogens (tertiary/aromatic N) is 1. The van der Waals surface area contributed by atoms with E-state index < -0.39 is 16.0 Å². The Hall–Kier alpha value is -1.64. The van der Waals surface area contributed by atoms with Crippen molar-refractivity contribution >= 4 is 31.9 Å². The van der Waals surface area contributed by atoms with Gasteiger partial charge in [0.2, 0.25) is 10.0 Å². The first kappa shape index (κ1) is 15.7. The highest BCUT2D eigenvalue weighted by Crippen LogP contribution is 2.18. The van der Waals surface area contributed by atoms with Gasteiger partial charge in [-0.1, -0.05) is 34.1 Å². The molecular formula is C13H13BrN2O4S. The van der Waals surface area contributed by atoms with Gasteiger partial charge >= 0.3 is 5.97 Å². The van der Waals surface area contributed by atoms with Gasteiger partial charge in [-0.2, -0.15) is 0 Å². The smallest absolute Gasteiger partial charge is 0.352 e. The van der Waals surface area contributed by atoms with Crippen LogP contribution in [0, 0.1) is 0 Å². The van der Waals surface area contributed by atoms with Crippen LogP contribution in [0.2, 0.25) is 0 Å². The number of carboxylic acids is 1. The molecule has 0 saturated carbocycles. The number of carbonyl (C=O) groups is 1. The Labute approximate surface area is 130 Å². The van der Waals surface area contributed by atoms with E-state index in [9.17, 15) is 13.2 Å². The Morgan fingerprint density at radius 3 is 2.62 bits per heavy atom. The Bertz CT molecular complexity index is 783. The van der Waals surface area contributed by atoms with E-state index in [4.69, 9.17) is 5.11 Å². The van der Waals surface area contributed by atoms with Crippen LogP contribution < -0.4 is 4.72 Å². The molecule has 0 atom stereocenters. The third kappa shape index (κ3) is 3.52. The summed E-state index contributed by atoms with van der Waals surface area (Å²) in [5.41, 5.74) is 0.701. The Balaban J connectivity index is 2.21. The lowest BCUT2D eigenvalue weighted by Gasteiger charge is -2.06. The van der Waals surface area contributed by atoms with Gasteiger partial charge in [0.05, 0.1) is 0 Å². The molecule has 1 heterocycles. The van der Waals surface area contributed by atoms with Crippen LogP contribution in [0.5, 0.6) is 0 Å². The van der Waals surface area contributed by atoms with Crippen molar-refractivity contribution in [3.8, 4) is 0 Å². The zero-order valence-electron chi connectivity index (χ0n) is 11.1. The summed E-state index contributed by atoms with van der Waals surface area (Å²) in [7, 11) is -2.28. The quantitative estimate of drug-likeness (QED) is 0.839. The van der Waals surface area contributed by atoms with Crippen molar-refractivity contribution in [2.75, 3.05) is 0 Å². The molecule has 0 aliphatic carbocycles. The monoisotopic (exact) mass is 372 g/mol. The van der Waals surface area contributed by atoms with Crippen molar-refractivity contribution in [2.45, 2.75) is 11.4 Å². The second-order valence-electron chi connectivity index (χ2n) is 4.39. The summed E-state index contributed by atoms with van der Waals surface area (Å²) in [6.45, 7) is 0.112. The highest BCUT2D eigenvalue weighted by atomic mass is 79.9. The summed E-state index contributed by atoms with van der Waals surface area (Å²) >= 11 is 3.34. The van der Waals surface area contributed by atoms with Crippen LogP contribution in [0.25, 0.3) is 0 Å². The molecule has 1 aromatic carbocycles. The van der Waals surface area contributed by atoms with E-state index in [2.05, 4.69) is 20.7 Å². The van der Waals surface area contributed by atoms with Crippen LogP contribution in [0.1, 0.15) is 16.1 Å². The lowest BCUT2D eigenvalue weighted by Crippen LogP contribution is -2.23. The summed E-state index contributed by atoms with van der Waals surface area (Å²) < 4.78 is 28.8. The van der Waals surface area contributed by atoms with Crippen LogP contribution in [0.4, 0.5) is 0 Å². The minimum Gasteiger partial charge on any atom is -0.477 e. The fraction of sp³-hybridized carbons (Fsp3) is 0.154. The number of hydrogen-bond acceptors (Lipinski definition) is 3. The largest absolute Gasteiger partial charge is 0.477 e. The van der Waals surface area contributed by atoms with Gasteiger partial charge in [-0.15, -0.1) is 0 Å². The summed E-state index contributed by atoms with van der Waals surface area (Å²) in [5.74, 6) is -1.18. The molecule has 21 heavy (non-hydrogen) atoms. The van der Waals surface area contributed by atoms with Crippen molar-refractivity contribution in [1.29, 1.82) is 0 Å². The van der Waals surface area contributed by atoms with Crippen LogP contribution in [0.3, 0.4) is 0 Å². The highest BCUT2D eigenvalue weighted by Gasteiger charge is 2.20. The van der Waals surface area contributed by atoms with Gasteiger partial charge in [0.15, 0.2) is 0 Å². The van der Waals surface area contributed by atoms with Crippen molar-refractivity contribution in [3.63, 3.8) is 0 Å². The third-order valence-corrected chi connectivity index (χ3v) is 5.06. The van der Waals surface area contributed by atoms with E-state index in [1.54, 1.807) is 12.1 Å². The van der Waals surface area contributed by atoms with Gasteiger partial charge in [0.1, 0.15) is 10.6 Å². The maximum atomic E-state index is 12.2. The topological polar surface area (TPSA) is 88.4 Å². The van der Waals surface area contributed by atoms with Crippen molar-refractivity contribution in [3.05, 3.63) is 52.3 Å². The van der Waals surface area contributed by atoms with Gasteiger partial charge in [-0.25, -0.2) is 17.9 Å². The van der Waals surface area contributed by atoms with Gasteiger partial charge < -0.3 is 9.67 Å². The van der Waals surface area contributed by atoms with Crippen LogP contribution in [0.15, 0.2) is 45.9 Å².